The zero-order chi connectivity index (χ0) is 24.2. The van der Waals surface area contributed by atoms with Crippen LogP contribution < -0.4 is 20.2 Å². The minimum absolute atomic E-state index is 0.289. The Morgan fingerprint density at radius 2 is 1.53 bits per heavy atom. The van der Waals surface area contributed by atoms with E-state index in [0.717, 1.165) is 22.3 Å². The van der Waals surface area contributed by atoms with Gasteiger partial charge in [-0.3, -0.25) is 9.59 Å². The molecule has 34 heavy (non-hydrogen) atoms. The van der Waals surface area contributed by atoms with Crippen molar-refractivity contribution in [3.63, 3.8) is 0 Å². The van der Waals surface area contributed by atoms with Crippen LogP contribution in [-0.4, -0.2) is 43.0 Å². The van der Waals surface area contributed by atoms with Gasteiger partial charge in [-0.05, 0) is 44.2 Å². The van der Waals surface area contributed by atoms with Gasteiger partial charge in [-0.25, -0.2) is 0 Å². The summed E-state index contributed by atoms with van der Waals surface area (Å²) in [6, 6.07) is 19.5. The molecule has 0 unspecified atom stereocenters. The van der Waals surface area contributed by atoms with Crippen LogP contribution in [0.25, 0.3) is 0 Å². The maximum absolute atomic E-state index is 13.0. The first-order valence-corrected chi connectivity index (χ1v) is 11.0. The van der Waals surface area contributed by atoms with Gasteiger partial charge >= 0.3 is 5.91 Å². The van der Waals surface area contributed by atoms with Gasteiger partial charge in [0, 0.05) is 16.7 Å². The number of benzene rings is 3. The lowest BCUT2D eigenvalue weighted by atomic mass is 9.98. The van der Waals surface area contributed by atoms with E-state index < -0.39 is 12.1 Å². The summed E-state index contributed by atoms with van der Waals surface area (Å²) in [7, 11) is 3.15. The molecular formula is C27H28N3O4+. The third kappa shape index (κ3) is 4.78. The second-order valence-corrected chi connectivity index (χ2v) is 8.30. The van der Waals surface area contributed by atoms with Gasteiger partial charge < -0.3 is 14.8 Å². The summed E-state index contributed by atoms with van der Waals surface area (Å²) in [5.74, 6) is 0.606. The molecule has 0 radical (unpaired) electrons. The topological polar surface area (TPSA) is 79.7 Å². The summed E-state index contributed by atoms with van der Waals surface area (Å²) in [6.07, 6.45) is 1.82. The van der Waals surface area contributed by atoms with Gasteiger partial charge in [-0.2, -0.15) is 0 Å². The van der Waals surface area contributed by atoms with Crippen molar-refractivity contribution in [3.05, 3.63) is 94.5 Å². The number of hydrogen-bond donors (Lipinski definition) is 2. The van der Waals surface area contributed by atoms with Gasteiger partial charge in [0.25, 0.3) is 5.91 Å². The smallest absolute Gasteiger partial charge is 0.304 e. The first-order chi connectivity index (χ1) is 16.4. The Hall–Kier alpha value is -4.13. The van der Waals surface area contributed by atoms with Crippen LogP contribution >= 0.6 is 0 Å². The van der Waals surface area contributed by atoms with Crippen molar-refractivity contribution < 1.29 is 23.7 Å². The second kappa shape index (κ2) is 9.79. The summed E-state index contributed by atoms with van der Waals surface area (Å²) >= 11 is 0. The molecule has 0 aromatic heterocycles. The maximum Gasteiger partial charge on any atom is 0.304 e. The molecule has 0 saturated carbocycles. The van der Waals surface area contributed by atoms with Crippen molar-refractivity contribution >= 4 is 18.0 Å². The molecule has 1 aliphatic heterocycles. The number of methoxy groups -OCH3 is 2. The van der Waals surface area contributed by atoms with Gasteiger partial charge in [0.1, 0.15) is 0 Å². The predicted octanol–water partition coefficient (Wildman–Crippen LogP) is 3.34. The number of nitrogens with zero attached hydrogens (tertiary/aromatic N) is 1. The standard InChI is InChI=1S/C27H27N3O4/c1-17-5-10-20(11-6-17)25-24(28-26(31)21-12-7-18(2)8-13-21)27(32)29-30(25)16-19-9-14-22(33-3)23(15-19)34-4/h5-16,24-25H,1-4H3,(H-,28,29,31,32)/p+1/b30-16-/t24-,25-/m0/s1. The molecule has 1 aliphatic rings. The third-order valence-corrected chi connectivity index (χ3v) is 5.85. The fraction of sp³-hybridized carbons (Fsp3) is 0.222. The fourth-order valence-corrected chi connectivity index (χ4v) is 3.97. The molecular weight excluding hydrogens is 430 g/mol. The molecule has 3 aromatic carbocycles. The van der Waals surface area contributed by atoms with Crippen LogP contribution in [-0.2, 0) is 4.79 Å². The molecule has 3 aromatic rings. The second-order valence-electron chi connectivity index (χ2n) is 8.30. The normalized spacial score (nSPS) is 18.5. The van der Waals surface area contributed by atoms with Crippen LogP contribution in [0.15, 0.2) is 66.7 Å². The highest BCUT2D eigenvalue weighted by Gasteiger charge is 2.47. The molecule has 4 rings (SSSR count). The van der Waals surface area contributed by atoms with E-state index in [9.17, 15) is 9.59 Å². The molecule has 7 nitrogen and oxygen atoms in total. The van der Waals surface area contributed by atoms with Gasteiger partial charge in [0.2, 0.25) is 12.3 Å². The number of hydrazone groups is 1. The van der Waals surface area contributed by atoms with E-state index in [1.807, 2.05) is 68.6 Å². The zero-order valence-corrected chi connectivity index (χ0v) is 19.7. The molecule has 2 N–H and O–H groups in total. The Bertz CT molecular complexity index is 1230. The summed E-state index contributed by atoms with van der Waals surface area (Å²) in [4.78, 5) is 26.0. The van der Waals surface area contributed by atoms with Gasteiger partial charge in [-0.15, -0.1) is 10.1 Å². The SMILES string of the molecule is COc1ccc(/C=[N+]2\NC(=O)[C@@H](NC(=O)c3ccc(C)cc3)[C@@H]2c2ccc(C)cc2)cc1OC. The highest BCUT2D eigenvalue weighted by molar-refractivity contribution is 5.98. The Morgan fingerprint density at radius 1 is 0.912 bits per heavy atom. The van der Waals surface area contributed by atoms with Crippen molar-refractivity contribution in [2.75, 3.05) is 14.2 Å². The van der Waals surface area contributed by atoms with Crippen LogP contribution in [0.4, 0.5) is 0 Å². The molecule has 1 saturated heterocycles. The van der Waals surface area contributed by atoms with E-state index in [2.05, 4.69) is 10.7 Å². The first kappa shape index (κ1) is 23.0. The van der Waals surface area contributed by atoms with E-state index in [-0.39, 0.29) is 11.8 Å². The lowest BCUT2D eigenvalue weighted by molar-refractivity contribution is -0.596. The average molecular weight is 459 g/mol. The Labute approximate surface area is 199 Å². The molecule has 174 valence electrons. The third-order valence-electron chi connectivity index (χ3n) is 5.85. The summed E-state index contributed by atoms with van der Waals surface area (Å²) in [5, 5.41) is 2.93. The first-order valence-electron chi connectivity index (χ1n) is 11.0. The minimum Gasteiger partial charge on any atom is -0.493 e. The van der Waals surface area contributed by atoms with E-state index >= 15 is 0 Å². The van der Waals surface area contributed by atoms with Crippen LogP contribution in [0.2, 0.25) is 0 Å². The monoisotopic (exact) mass is 458 g/mol. The maximum atomic E-state index is 13.0. The van der Waals surface area contributed by atoms with Crippen LogP contribution in [0, 0.1) is 13.8 Å². The lowest BCUT2D eigenvalue weighted by Gasteiger charge is -2.15. The van der Waals surface area contributed by atoms with Crippen molar-refractivity contribution in [2.45, 2.75) is 25.9 Å². The molecule has 7 heteroatoms. The Balaban J connectivity index is 1.71. The summed E-state index contributed by atoms with van der Waals surface area (Å²) in [6.45, 7) is 3.97. The van der Waals surface area contributed by atoms with Gasteiger partial charge in [0.05, 0.1) is 14.2 Å². The number of carbonyl (C=O) groups excluding carboxylic acids is 2. The van der Waals surface area contributed by atoms with E-state index in [0.29, 0.717) is 17.1 Å². The van der Waals surface area contributed by atoms with Crippen LogP contribution in [0.3, 0.4) is 0 Å². The number of rotatable bonds is 6. The van der Waals surface area contributed by atoms with Gasteiger partial charge in [-0.1, -0.05) is 47.5 Å². The largest absolute Gasteiger partial charge is 0.493 e. The van der Waals surface area contributed by atoms with Crippen LogP contribution in [0.5, 0.6) is 11.5 Å². The molecule has 0 spiro atoms. The molecule has 1 fully saturated rings. The summed E-state index contributed by atoms with van der Waals surface area (Å²) in [5.41, 5.74) is 7.27. The van der Waals surface area contributed by atoms with Crippen molar-refractivity contribution in [1.29, 1.82) is 0 Å². The number of hydrogen-bond acceptors (Lipinski definition) is 4. The predicted molar refractivity (Wildman–Crippen MR) is 129 cm³/mol. The van der Waals surface area contributed by atoms with Crippen molar-refractivity contribution in [3.8, 4) is 11.5 Å². The average Bonchev–Trinajstić information content (AvgIpc) is 3.14. The van der Waals surface area contributed by atoms with E-state index in [1.54, 1.807) is 37.1 Å². The number of ether oxygens (including phenoxy) is 2. The number of hydrazine groups is 1. The summed E-state index contributed by atoms with van der Waals surface area (Å²) < 4.78 is 12.5. The zero-order valence-electron chi connectivity index (χ0n) is 19.7. The number of aryl methyl sites for hydroxylation is 2. The number of nitrogens with one attached hydrogen (secondary N) is 2. The van der Waals surface area contributed by atoms with Gasteiger partial charge in [0.15, 0.2) is 17.5 Å². The molecule has 1 heterocycles. The van der Waals surface area contributed by atoms with Crippen molar-refractivity contribution in [2.24, 2.45) is 0 Å². The van der Waals surface area contributed by atoms with E-state index in [4.69, 9.17) is 9.47 Å². The van der Waals surface area contributed by atoms with Crippen LogP contribution in [0.1, 0.15) is 38.7 Å². The number of amides is 2. The van der Waals surface area contributed by atoms with E-state index in [1.165, 1.54) is 0 Å². The highest BCUT2D eigenvalue weighted by atomic mass is 16.5. The Morgan fingerprint density at radius 3 is 2.15 bits per heavy atom. The highest BCUT2D eigenvalue weighted by Crippen LogP contribution is 2.29. The minimum atomic E-state index is -0.784. The molecule has 0 aliphatic carbocycles. The fourth-order valence-electron chi connectivity index (χ4n) is 3.97. The number of carbonyl (C=O) groups is 2. The lowest BCUT2D eigenvalue weighted by Crippen LogP contribution is -2.42. The molecule has 0 bridgehead atoms. The Kier molecular flexibility index (Phi) is 6.63. The van der Waals surface area contributed by atoms with Crippen molar-refractivity contribution in [1.82, 2.24) is 10.7 Å². The molecule has 2 amide bonds. The quantitative estimate of drug-likeness (QED) is 0.556. The molecule has 2 atom stereocenters.